The number of rotatable bonds is 7. The first-order valence-electron chi connectivity index (χ1n) is 9.04. The van der Waals surface area contributed by atoms with E-state index in [0.717, 1.165) is 6.42 Å². The maximum Gasteiger partial charge on any atom is 0.271 e. The summed E-state index contributed by atoms with van der Waals surface area (Å²) < 4.78 is 7.37. The van der Waals surface area contributed by atoms with Crippen LogP contribution in [0, 0.1) is 5.92 Å². The molecule has 1 aliphatic rings. The molecule has 2 rings (SSSR count). The topological polar surface area (TPSA) is 85.3 Å². The van der Waals surface area contributed by atoms with Gasteiger partial charge >= 0.3 is 0 Å². The van der Waals surface area contributed by atoms with Gasteiger partial charge in [0.05, 0.1) is 6.61 Å². The molecular weight excluding hydrogens is 320 g/mol. The summed E-state index contributed by atoms with van der Waals surface area (Å²) in [6, 6.07) is 2.06. The third kappa shape index (κ3) is 5.56. The second-order valence-electron chi connectivity index (χ2n) is 7.47. The number of carbonyl (C=O) groups is 2. The van der Waals surface area contributed by atoms with Gasteiger partial charge in [-0.15, -0.1) is 0 Å². The van der Waals surface area contributed by atoms with Gasteiger partial charge in [0.2, 0.25) is 5.91 Å². The number of aromatic nitrogens is 2. The molecule has 0 bridgehead atoms. The molecule has 1 aromatic heterocycles. The van der Waals surface area contributed by atoms with Gasteiger partial charge in [-0.2, -0.15) is 5.10 Å². The Morgan fingerprint density at radius 2 is 2.00 bits per heavy atom. The van der Waals surface area contributed by atoms with Gasteiger partial charge in [-0.05, 0) is 59.4 Å². The molecule has 0 aliphatic carbocycles. The third-order valence-electron chi connectivity index (χ3n) is 4.24. The minimum atomic E-state index is -0.378. The maximum atomic E-state index is 12.3. The second kappa shape index (κ2) is 8.47. The highest BCUT2D eigenvalue weighted by atomic mass is 16.5. The molecule has 2 amide bonds. The van der Waals surface area contributed by atoms with Gasteiger partial charge in [-0.3, -0.25) is 14.3 Å². The van der Waals surface area contributed by atoms with E-state index in [2.05, 4.69) is 15.7 Å². The summed E-state index contributed by atoms with van der Waals surface area (Å²) in [7, 11) is 0. The Bertz CT molecular complexity index is 597. The smallest absolute Gasteiger partial charge is 0.271 e. The molecule has 25 heavy (non-hydrogen) atoms. The van der Waals surface area contributed by atoms with E-state index >= 15 is 0 Å². The monoisotopic (exact) mass is 350 g/mol. The molecule has 2 heterocycles. The Morgan fingerprint density at radius 3 is 2.60 bits per heavy atom. The fraction of sp³-hybridized carbons (Fsp3) is 0.722. The van der Waals surface area contributed by atoms with Gasteiger partial charge in [0.25, 0.3) is 5.91 Å². The molecule has 1 aliphatic heterocycles. The van der Waals surface area contributed by atoms with Crippen LogP contribution in [0.15, 0.2) is 12.3 Å². The molecule has 7 heteroatoms. The van der Waals surface area contributed by atoms with Crippen molar-refractivity contribution in [2.45, 2.75) is 71.7 Å². The van der Waals surface area contributed by atoms with Crippen molar-refractivity contribution in [1.29, 1.82) is 0 Å². The lowest BCUT2D eigenvalue weighted by atomic mass is 9.97. The maximum absolute atomic E-state index is 12.3. The molecular formula is C18H30N4O3. The zero-order valence-corrected chi connectivity index (χ0v) is 15.8. The number of amides is 2. The van der Waals surface area contributed by atoms with E-state index in [-0.39, 0.29) is 42.0 Å². The number of hydrogen-bond donors (Lipinski definition) is 2. The number of nitrogens with one attached hydrogen (secondary N) is 2. The van der Waals surface area contributed by atoms with Crippen LogP contribution in [0.3, 0.4) is 0 Å². The normalized spacial score (nSPS) is 21.6. The molecule has 0 aromatic carbocycles. The van der Waals surface area contributed by atoms with Crippen LogP contribution in [0.1, 0.15) is 64.0 Å². The van der Waals surface area contributed by atoms with E-state index < -0.39 is 0 Å². The molecule has 1 fully saturated rings. The third-order valence-corrected chi connectivity index (χ3v) is 4.24. The molecule has 0 saturated carbocycles. The quantitative estimate of drug-likeness (QED) is 0.786. The van der Waals surface area contributed by atoms with Crippen molar-refractivity contribution < 1.29 is 14.3 Å². The van der Waals surface area contributed by atoms with Crippen molar-refractivity contribution >= 4 is 11.8 Å². The minimum absolute atomic E-state index is 0.00258. The number of nitrogens with zero attached hydrogens (tertiary/aromatic N) is 2. The first-order chi connectivity index (χ1) is 11.8. The first-order valence-corrected chi connectivity index (χ1v) is 9.04. The molecule has 140 valence electrons. The van der Waals surface area contributed by atoms with Crippen LogP contribution in [0.25, 0.3) is 0 Å². The summed E-state index contributed by atoms with van der Waals surface area (Å²) in [6.07, 6.45) is 2.91. The van der Waals surface area contributed by atoms with Crippen LogP contribution in [0.5, 0.6) is 0 Å². The van der Waals surface area contributed by atoms with Crippen molar-refractivity contribution in [2.24, 2.45) is 5.92 Å². The lowest BCUT2D eigenvalue weighted by Crippen LogP contribution is -2.38. The molecule has 0 radical (unpaired) electrons. The van der Waals surface area contributed by atoms with Gasteiger partial charge < -0.3 is 15.4 Å². The minimum Gasteiger partial charge on any atom is -0.368 e. The van der Waals surface area contributed by atoms with Gasteiger partial charge in [-0.1, -0.05) is 0 Å². The lowest BCUT2D eigenvalue weighted by molar-refractivity contribution is -0.130. The second-order valence-corrected chi connectivity index (χ2v) is 7.47. The highest BCUT2D eigenvalue weighted by Crippen LogP contribution is 2.24. The van der Waals surface area contributed by atoms with E-state index in [1.165, 1.54) is 0 Å². The Hall–Kier alpha value is -1.89. The Labute approximate surface area is 149 Å². The van der Waals surface area contributed by atoms with Crippen LogP contribution >= 0.6 is 0 Å². The summed E-state index contributed by atoms with van der Waals surface area (Å²) >= 11 is 0. The van der Waals surface area contributed by atoms with E-state index in [0.29, 0.717) is 18.7 Å². The molecule has 7 nitrogen and oxygen atoms in total. The molecule has 1 saturated heterocycles. The number of carbonyl (C=O) groups excluding carboxylic acids is 2. The molecule has 2 N–H and O–H groups in total. The molecule has 0 spiro atoms. The fourth-order valence-electron chi connectivity index (χ4n) is 3.02. The van der Waals surface area contributed by atoms with E-state index in [1.807, 2.05) is 40.8 Å². The van der Waals surface area contributed by atoms with Crippen molar-refractivity contribution in [3.05, 3.63) is 18.0 Å². The predicted octanol–water partition coefficient (Wildman–Crippen LogP) is 1.90. The first kappa shape index (κ1) is 19.4. The molecule has 3 atom stereocenters. The average molecular weight is 350 g/mol. The van der Waals surface area contributed by atoms with E-state index in [9.17, 15) is 9.59 Å². The molecule has 3 unspecified atom stereocenters. The van der Waals surface area contributed by atoms with E-state index in [1.54, 1.807) is 10.7 Å². The number of ether oxygens (including phenoxy) is 1. The number of hydrogen-bond acceptors (Lipinski definition) is 4. The van der Waals surface area contributed by atoms with Gasteiger partial charge in [-0.25, -0.2) is 0 Å². The van der Waals surface area contributed by atoms with Crippen LogP contribution in [0.4, 0.5) is 0 Å². The Morgan fingerprint density at radius 1 is 1.28 bits per heavy atom. The summed E-state index contributed by atoms with van der Waals surface area (Å²) in [5, 5.41) is 10.1. The van der Waals surface area contributed by atoms with Crippen molar-refractivity contribution in [2.75, 3.05) is 6.61 Å². The zero-order chi connectivity index (χ0) is 18.6. The summed E-state index contributed by atoms with van der Waals surface area (Å²) in [4.78, 5) is 24.3. The lowest BCUT2D eigenvalue weighted by Gasteiger charge is -2.17. The molecule has 1 aromatic rings. The van der Waals surface area contributed by atoms with Gasteiger partial charge in [0.1, 0.15) is 11.8 Å². The van der Waals surface area contributed by atoms with Crippen molar-refractivity contribution in [1.82, 2.24) is 20.4 Å². The van der Waals surface area contributed by atoms with Gasteiger partial charge in [0.15, 0.2) is 0 Å². The Balaban J connectivity index is 1.79. The van der Waals surface area contributed by atoms with Crippen LogP contribution in [-0.4, -0.2) is 46.4 Å². The van der Waals surface area contributed by atoms with Gasteiger partial charge in [0, 0.05) is 24.3 Å². The highest BCUT2D eigenvalue weighted by molar-refractivity contribution is 5.92. The fourth-order valence-corrected chi connectivity index (χ4v) is 3.02. The van der Waals surface area contributed by atoms with Crippen LogP contribution in [-0.2, 0) is 9.53 Å². The summed E-state index contributed by atoms with van der Waals surface area (Å²) in [5.41, 5.74) is 0.428. The largest absolute Gasteiger partial charge is 0.368 e. The van der Waals surface area contributed by atoms with Crippen molar-refractivity contribution in [3.63, 3.8) is 0 Å². The average Bonchev–Trinajstić information content (AvgIpc) is 3.15. The summed E-state index contributed by atoms with van der Waals surface area (Å²) in [6.45, 7) is 10.4. The van der Waals surface area contributed by atoms with Crippen LogP contribution < -0.4 is 10.6 Å². The zero-order valence-electron chi connectivity index (χ0n) is 15.8. The van der Waals surface area contributed by atoms with Crippen molar-refractivity contribution in [3.8, 4) is 0 Å². The Kier molecular flexibility index (Phi) is 6.58. The summed E-state index contributed by atoms with van der Waals surface area (Å²) in [5.74, 6) is 0.0553. The highest BCUT2D eigenvalue weighted by Gasteiger charge is 2.32. The predicted molar refractivity (Wildman–Crippen MR) is 95.3 cm³/mol. The standard InChI is InChI=1S/C18H30N4O3/c1-11(2)19-18(24)16-9-14(10-25-16)8-13(5)20-17(23)15-6-7-22(21-15)12(3)4/h6-7,11-14,16H,8-10H2,1-5H3,(H,19,24)(H,20,23). The van der Waals surface area contributed by atoms with Crippen LogP contribution in [0.2, 0.25) is 0 Å². The SMILES string of the molecule is CC(C)NC(=O)C1CC(CC(C)NC(=O)c2ccn(C(C)C)n2)CO1. The van der Waals surface area contributed by atoms with E-state index in [4.69, 9.17) is 4.74 Å².